The van der Waals surface area contributed by atoms with Gasteiger partial charge in [-0.15, -0.1) is 16.8 Å². The molecule has 0 saturated carbocycles. The van der Waals surface area contributed by atoms with Crippen molar-refractivity contribution in [2.45, 2.75) is 17.5 Å². The molecule has 3 aromatic rings. The van der Waals surface area contributed by atoms with Crippen molar-refractivity contribution < 1.29 is 0 Å². The molecule has 0 aliphatic carbocycles. The Kier molecular flexibility index (Phi) is 6.01. The third-order valence-electron chi connectivity index (χ3n) is 3.93. The van der Waals surface area contributed by atoms with Gasteiger partial charge in [-0.05, 0) is 42.0 Å². The summed E-state index contributed by atoms with van der Waals surface area (Å²) in [6.07, 6.45) is 1.87. The van der Waals surface area contributed by atoms with Crippen molar-refractivity contribution in [3.63, 3.8) is 0 Å². The van der Waals surface area contributed by atoms with E-state index in [1.807, 2.05) is 38.4 Å². The molecule has 0 spiro atoms. The first-order valence-corrected chi connectivity index (χ1v) is 9.64. The maximum absolute atomic E-state index is 6.07. The molecule has 0 bridgehead atoms. The van der Waals surface area contributed by atoms with Gasteiger partial charge in [-0.3, -0.25) is 4.57 Å². The Morgan fingerprint density at radius 1 is 1.15 bits per heavy atom. The van der Waals surface area contributed by atoms with E-state index in [2.05, 4.69) is 56.6 Å². The van der Waals surface area contributed by atoms with E-state index in [0.29, 0.717) is 6.54 Å². The first kappa shape index (κ1) is 18.5. The summed E-state index contributed by atoms with van der Waals surface area (Å²) in [5, 5.41) is 10.4. The molecule has 0 unspecified atom stereocenters. The van der Waals surface area contributed by atoms with Crippen LogP contribution in [0.2, 0.25) is 5.02 Å². The maximum Gasteiger partial charge on any atom is 0.192 e. The summed E-state index contributed by atoms with van der Waals surface area (Å²) < 4.78 is 2.09. The predicted octanol–water partition coefficient (Wildman–Crippen LogP) is 5.14. The molecule has 0 saturated heterocycles. The molecule has 3 rings (SSSR count). The summed E-state index contributed by atoms with van der Waals surface area (Å²) in [4.78, 5) is 2.07. The summed E-state index contributed by atoms with van der Waals surface area (Å²) in [7, 11) is 4.06. The minimum atomic E-state index is 0.662. The van der Waals surface area contributed by atoms with E-state index in [9.17, 15) is 0 Å². The zero-order chi connectivity index (χ0) is 18.5. The third kappa shape index (κ3) is 4.29. The van der Waals surface area contributed by atoms with E-state index < -0.39 is 0 Å². The zero-order valence-corrected chi connectivity index (χ0v) is 16.5. The fourth-order valence-electron chi connectivity index (χ4n) is 2.59. The van der Waals surface area contributed by atoms with Gasteiger partial charge in [0.1, 0.15) is 0 Å². The van der Waals surface area contributed by atoms with E-state index in [1.54, 1.807) is 11.8 Å². The largest absolute Gasteiger partial charge is 0.378 e. The second-order valence-corrected chi connectivity index (χ2v) is 7.44. The lowest BCUT2D eigenvalue weighted by Gasteiger charge is -2.13. The standard InChI is InChI=1S/C20H21ClN4S/c1-4-12-25-19(16-8-10-18(11-9-16)24(2)3)22-23-20(25)26-14-15-6-5-7-17(21)13-15/h4-11,13H,1,12,14H2,2-3H3. The molecule has 4 nitrogen and oxygen atoms in total. The average Bonchev–Trinajstić information content (AvgIpc) is 3.03. The quantitative estimate of drug-likeness (QED) is 0.417. The molecule has 0 N–H and O–H groups in total. The monoisotopic (exact) mass is 384 g/mol. The van der Waals surface area contributed by atoms with Crippen LogP contribution in [0.25, 0.3) is 11.4 Å². The number of benzene rings is 2. The van der Waals surface area contributed by atoms with E-state index in [0.717, 1.165) is 38.6 Å². The molecule has 134 valence electrons. The molecule has 26 heavy (non-hydrogen) atoms. The number of thioether (sulfide) groups is 1. The van der Waals surface area contributed by atoms with Gasteiger partial charge in [0, 0.05) is 42.7 Å². The molecule has 1 aromatic heterocycles. The summed E-state index contributed by atoms with van der Waals surface area (Å²) in [6, 6.07) is 16.2. The van der Waals surface area contributed by atoms with Gasteiger partial charge in [-0.25, -0.2) is 0 Å². The molecule has 0 radical (unpaired) electrons. The highest BCUT2D eigenvalue weighted by atomic mass is 35.5. The smallest absolute Gasteiger partial charge is 0.192 e. The Labute approximate surface area is 163 Å². The normalized spacial score (nSPS) is 10.7. The van der Waals surface area contributed by atoms with E-state index in [4.69, 9.17) is 11.6 Å². The van der Waals surface area contributed by atoms with Crippen LogP contribution >= 0.6 is 23.4 Å². The molecule has 1 heterocycles. The Hall–Kier alpha value is -2.24. The second-order valence-electron chi connectivity index (χ2n) is 6.07. The topological polar surface area (TPSA) is 34.0 Å². The third-order valence-corrected chi connectivity index (χ3v) is 5.20. The van der Waals surface area contributed by atoms with Crippen molar-refractivity contribution in [3.8, 4) is 11.4 Å². The summed E-state index contributed by atoms with van der Waals surface area (Å²) >= 11 is 7.71. The van der Waals surface area contributed by atoms with E-state index in [-0.39, 0.29) is 0 Å². The van der Waals surface area contributed by atoms with Crippen LogP contribution in [0.5, 0.6) is 0 Å². The number of hydrogen-bond acceptors (Lipinski definition) is 4. The number of halogens is 1. The number of aromatic nitrogens is 3. The number of anilines is 1. The van der Waals surface area contributed by atoms with Crippen LogP contribution in [-0.4, -0.2) is 28.9 Å². The van der Waals surface area contributed by atoms with Crippen molar-refractivity contribution in [2.24, 2.45) is 0 Å². The van der Waals surface area contributed by atoms with Crippen molar-refractivity contribution in [2.75, 3.05) is 19.0 Å². The molecule has 0 atom stereocenters. The lowest BCUT2D eigenvalue weighted by Crippen LogP contribution is -2.08. The Morgan fingerprint density at radius 3 is 2.58 bits per heavy atom. The molecule has 2 aromatic carbocycles. The lowest BCUT2D eigenvalue weighted by molar-refractivity contribution is 0.731. The van der Waals surface area contributed by atoms with Gasteiger partial charge in [-0.1, -0.05) is 41.6 Å². The SMILES string of the molecule is C=CCn1c(SCc2cccc(Cl)c2)nnc1-c1ccc(N(C)C)cc1. The fourth-order valence-corrected chi connectivity index (χ4v) is 3.69. The van der Waals surface area contributed by atoms with Crippen LogP contribution in [-0.2, 0) is 12.3 Å². The van der Waals surface area contributed by atoms with Crippen LogP contribution < -0.4 is 4.90 Å². The molecule has 0 amide bonds. The molecular formula is C20H21ClN4S. The van der Waals surface area contributed by atoms with Crippen molar-refractivity contribution in [1.29, 1.82) is 0 Å². The summed E-state index contributed by atoms with van der Waals surface area (Å²) in [5.41, 5.74) is 3.35. The first-order valence-electron chi connectivity index (χ1n) is 8.27. The number of nitrogens with zero attached hydrogens (tertiary/aromatic N) is 4. The first-order chi connectivity index (χ1) is 12.6. The molecule has 0 fully saturated rings. The van der Waals surface area contributed by atoms with Crippen LogP contribution in [0, 0.1) is 0 Å². The van der Waals surface area contributed by atoms with Gasteiger partial charge in [-0.2, -0.15) is 0 Å². The van der Waals surface area contributed by atoms with E-state index >= 15 is 0 Å². The van der Waals surface area contributed by atoms with Crippen molar-refractivity contribution in [1.82, 2.24) is 14.8 Å². The van der Waals surface area contributed by atoms with Gasteiger partial charge in [0.15, 0.2) is 11.0 Å². The number of rotatable bonds is 7. The van der Waals surface area contributed by atoms with Gasteiger partial charge in [0.05, 0.1) is 0 Å². The number of hydrogen-bond donors (Lipinski definition) is 0. The van der Waals surface area contributed by atoms with Crippen molar-refractivity contribution >= 4 is 29.1 Å². The predicted molar refractivity (Wildman–Crippen MR) is 111 cm³/mol. The van der Waals surface area contributed by atoms with Crippen LogP contribution in [0.3, 0.4) is 0 Å². The molecule has 6 heteroatoms. The zero-order valence-electron chi connectivity index (χ0n) is 14.9. The lowest BCUT2D eigenvalue weighted by atomic mass is 10.2. The van der Waals surface area contributed by atoms with Crippen LogP contribution in [0.15, 0.2) is 66.3 Å². The molecule has 0 aliphatic heterocycles. The van der Waals surface area contributed by atoms with Crippen molar-refractivity contribution in [3.05, 3.63) is 71.8 Å². The second kappa shape index (κ2) is 8.43. The Morgan fingerprint density at radius 2 is 1.92 bits per heavy atom. The Bertz CT molecular complexity index is 887. The van der Waals surface area contributed by atoms with Crippen LogP contribution in [0.1, 0.15) is 5.56 Å². The minimum Gasteiger partial charge on any atom is -0.378 e. The molecular weight excluding hydrogens is 364 g/mol. The van der Waals surface area contributed by atoms with Gasteiger partial charge < -0.3 is 4.90 Å². The molecule has 0 aliphatic rings. The fraction of sp³-hybridized carbons (Fsp3) is 0.200. The summed E-state index contributed by atoms with van der Waals surface area (Å²) in [6.45, 7) is 4.53. The number of allylic oxidation sites excluding steroid dienone is 1. The van der Waals surface area contributed by atoms with Gasteiger partial charge in [0.2, 0.25) is 0 Å². The highest BCUT2D eigenvalue weighted by molar-refractivity contribution is 7.98. The minimum absolute atomic E-state index is 0.662. The van der Waals surface area contributed by atoms with Crippen LogP contribution in [0.4, 0.5) is 5.69 Å². The van der Waals surface area contributed by atoms with Gasteiger partial charge in [0.25, 0.3) is 0 Å². The van der Waals surface area contributed by atoms with Gasteiger partial charge >= 0.3 is 0 Å². The average molecular weight is 385 g/mol. The van der Waals surface area contributed by atoms with E-state index in [1.165, 1.54) is 0 Å². The summed E-state index contributed by atoms with van der Waals surface area (Å²) in [5.74, 6) is 1.64. The highest BCUT2D eigenvalue weighted by Crippen LogP contribution is 2.28. The Balaban J connectivity index is 1.84. The highest BCUT2D eigenvalue weighted by Gasteiger charge is 2.14. The maximum atomic E-state index is 6.07.